The largest absolute Gasteiger partial charge is 0.469 e. The van der Waals surface area contributed by atoms with Gasteiger partial charge in [-0.05, 0) is 17.9 Å². The van der Waals surface area contributed by atoms with Crippen LogP contribution in [-0.2, 0) is 25.7 Å². The van der Waals surface area contributed by atoms with Crippen LogP contribution in [0.2, 0.25) is 0 Å². The Hall–Kier alpha value is -2.10. The van der Waals surface area contributed by atoms with Crippen LogP contribution in [0.5, 0.6) is 0 Å². The zero-order valence-corrected chi connectivity index (χ0v) is 12.8. The van der Waals surface area contributed by atoms with Crippen molar-refractivity contribution in [3.8, 4) is 0 Å². The highest BCUT2D eigenvalue weighted by atomic mass is 16.5. The summed E-state index contributed by atoms with van der Waals surface area (Å²) in [5.74, 6) is -0.481. The quantitative estimate of drug-likeness (QED) is 0.571. The van der Waals surface area contributed by atoms with Crippen LogP contribution in [0.1, 0.15) is 32.3 Å². The number of allylic oxidation sites excluding steroid dienone is 1. The molecule has 114 valence electrons. The number of hydrogen-bond donors (Lipinski definition) is 0. The second-order valence-electron chi connectivity index (χ2n) is 5.04. The molecule has 1 rings (SSSR count). The fourth-order valence-electron chi connectivity index (χ4n) is 1.80. The first kappa shape index (κ1) is 17.0. The van der Waals surface area contributed by atoms with Crippen LogP contribution in [0.3, 0.4) is 0 Å². The first-order valence-electron chi connectivity index (χ1n) is 7.01. The van der Waals surface area contributed by atoms with Crippen molar-refractivity contribution in [2.24, 2.45) is 5.92 Å². The summed E-state index contributed by atoms with van der Waals surface area (Å²) in [4.78, 5) is 23.0. The molecular weight excluding hydrogens is 268 g/mol. The number of methoxy groups -OCH3 is 1. The maximum absolute atomic E-state index is 11.8. The summed E-state index contributed by atoms with van der Waals surface area (Å²) in [5.41, 5.74) is 1.83. The van der Waals surface area contributed by atoms with Crippen LogP contribution in [0, 0.1) is 5.92 Å². The molecule has 0 saturated carbocycles. The van der Waals surface area contributed by atoms with Gasteiger partial charge in [0.15, 0.2) is 0 Å². The van der Waals surface area contributed by atoms with E-state index in [1.165, 1.54) is 13.2 Å². The molecule has 0 saturated heterocycles. The average Bonchev–Trinajstić information content (AvgIpc) is 2.49. The lowest BCUT2D eigenvalue weighted by Gasteiger charge is -2.11. The topological polar surface area (TPSA) is 52.6 Å². The number of esters is 2. The van der Waals surface area contributed by atoms with Crippen LogP contribution in [0.15, 0.2) is 42.0 Å². The third-order valence-corrected chi connectivity index (χ3v) is 3.11. The summed E-state index contributed by atoms with van der Waals surface area (Å²) >= 11 is 0. The van der Waals surface area contributed by atoms with Crippen LogP contribution >= 0.6 is 0 Å². The lowest BCUT2D eigenvalue weighted by molar-refractivity contribution is -0.141. The molecule has 4 heteroatoms. The number of rotatable bonds is 7. The van der Waals surface area contributed by atoms with Crippen LogP contribution in [0.25, 0.3) is 0 Å². The molecule has 0 aliphatic rings. The van der Waals surface area contributed by atoms with E-state index in [2.05, 4.69) is 4.74 Å². The van der Waals surface area contributed by atoms with Crippen molar-refractivity contribution in [1.29, 1.82) is 0 Å². The summed E-state index contributed by atoms with van der Waals surface area (Å²) in [5, 5.41) is 0. The van der Waals surface area contributed by atoms with Crippen molar-refractivity contribution in [2.75, 3.05) is 7.11 Å². The maximum Gasteiger partial charge on any atom is 0.331 e. The Kier molecular flexibility index (Phi) is 7.23. The van der Waals surface area contributed by atoms with E-state index in [0.29, 0.717) is 6.42 Å². The van der Waals surface area contributed by atoms with Crippen molar-refractivity contribution in [3.05, 3.63) is 47.5 Å². The molecular formula is C17H22O4. The summed E-state index contributed by atoms with van der Waals surface area (Å²) in [6.07, 6.45) is 2.26. The van der Waals surface area contributed by atoms with Gasteiger partial charge in [0.2, 0.25) is 0 Å². The van der Waals surface area contributed by atoms with Gasteiger partial charge in [-0.15, -0.1) is 0 Å². The molecule has 0 heterocycles. The van der Waals surface area contributed by atoms with Gasteiger partial charge in [-0.2, -0.15) is 0 Å². The van der Waals surface area contributed by atoms with Gasteiger partial charge in [0.05, 0.1) is 7.11 Å². The second-order valence-corrected chi connectivity index (χ2v) is 5.04. The highest BCUT2D eigenvalue weighted by Crippen LogP contribution is 2.16. The van der Waals surface area contributed by atoms with Gasteiger partial charge in [-0.1, -0.05) is 49.8 Å². The summed E-state index contributed by atoms with van der Waals surface area (Å²) in [7, 11) is 1.36. The molecule has 0 unspecified atom stereocenters. The summed E-state index contributed by atoms with van der Waals surface area (Å²) < 4.78 is 9.82. The van der Waals surface area contributed by atoms with Crippen LogP contribution < -0.4 is 0 Å². The molecule has 0 fully saturated rings. The number of carbonyl (C=O) groups excluding carboxylic acids is 2. The highest BCUT2D eigenvalue weighted by Gasteiger charge is 2.10. The van der Waals surface area contributed by atoms with Crippen LogP contribution in [-0.4, -0.2) is 19.0 Å². The Balaban J connectivity index is 2.54. The van der Waals surface area contributed by atoms with Crippen molar-refractivity contribution < 1.29 is 19.1 Å². The molecule has 0 atom stereocenters. The van der Waals surface area contributed by atoms with Gasteiger partial charge in [0.25, 0.3) is 0 Å². The molecule has 0 bridgehead atoms. The molecule has 1 aromatic carbocycles. The summed E-state index contributed by atoms with van der Waals surface area (Å²) in [6.45, 7) is 4.21. The van der Waals surface area contributed by atoms with Gasteiger partial charge in [-0.3, -0.25) is 4.79 Å². The van der Waals surface area contributed by atoms with Gasteiger partial charge in [0.1, 0.15) is 6.61 Å². The molecule has 0 aromatic heterocycles. The van der Waals surface area contributed by atoms with E-state index in [9.17, 15) is 9.59 Å². The fourth-order valence-corrected chi connectivity index (χ4v) is 1.80. The average molecular weight is 290 g/mol. The van der Waals surface area contributed by atoms with Crippen molar-refractivity contribution in [3.63, 3.8) is 0 Å². The third kappa shape index (κ3) is 6.75. The monoisotopic (exact) mass is 290 g/mol. The standard InChI is InChI=1S/C17H22O4/c1-13(2)15(9-10-16(18)20-3)11-17(19)21-12-14-7-5-4-6-8-14/h4-8,11,13H,9-10,12H2,1-3H3/b15-11-. The Morgan fingerprint density at radius 2 is 1.81 bits per heavy atom. The number of benzene rings is 1. The molecule has 0 amide bonds. The van der Waals surface area contributed by atoms with Gasteiger partial charge >= 0.3 is 11.9 Å². The Labute approximate surface area is 125 Å². The smallest absolute Gasteiger partial charge is 0.331 e. The van der Waals surface area contributed by atoms with Crippen molar-refractivity contribution in [1.82, 2.24) is 0 Å². The van der Waals surface area contributed by atoms with Gasteiger partial charge in [-0.25, -0.2) is 4.79 Å². The number of ether oxygens (including phenoxy) is 2. The summed E-state index contributed by atoms with van der Waals surface area (Å²) in [6, 6.07) is 9.51. The minimum Gasteiger partial charge on any atom is -0.469 e. The number of hydrogen-bond acceptors (Lipinski definition) is 4. The molecule has 0 aliphatic heterocycles. The van der Waals surface area contributed by atoms with E-state index in [0.717, 1.165) is 11.1 Å². The normalized spacial score (nSPS) is 11.3. The molecule has 1 aromatic rings. The van der Waals surface area contributed by atoms with Crippen molar-refractivity contribution in [2.45, 2.75) is 33.3 Å². The Bertz CT molecular complexity index is 489. The minimum atomic E-state index is -0.382. The SMILES string of the molecule is COC(=O)CC/C(=C/C(=O)OCc1ccccc1)C(C)C. The molecule has 21 heavy (non-hydrogen) atoms. The van der Waals surface area contributed by atoms with Crippen LogP contribution in [0.4, 0.5) is 0 Å². The van der Waals surface area contributed by atoms with Crippen molar-refractivity contribution >= 4 is 11.9 Å². The maximum atomic E-state index is 11.8. The molecule has 0 spiro atoms. The first-order chi connectivity index (χ1) is 10.0. The highest BCUT2D eigenvalue weighted by molar-refractivity contribution is 5.83. The van der Waals surface area contributed by atoms with Gasteiger partial charge < -0.3 is 9.47 Å². The van der Waals surface area contributed by atoms with E-state index in [4.69, 9.17) is 4.74 Å². The molecule has 0 aliphatic carbocycles. The van der Waals surface area contributed by atoms with E-state index < -0.39 is 0 Å². The van der Waals surface area contributed by atoms with E-state index >= 15 is 0 Å². The third-order valence-electron chi connectivity index (χ3n) is 3.11. The lowest BCUT2D eigenvalue weighted by Crippen LogP contribution is -2.07. The van der Waals surface area contributed by atoms with E-state index in [1.807, 2.05) is 44.2 Å². The molecule has 4 nitrogen and oxygen atoms in total. The predicted molar refractivity (Wildman–Crippen MR) is 80.4 cm³/mol. The zero-order chi connectivity index (χ0) is 15.7. The second kappa shape index (κ2) is 8.95. The Morgan fingerprint density at radius 1 is 1.14 bits per heavy atom. The van der Waals surface area contributed by atoms with E-state index in [1.54, 1.807) is 0 Å². The van der Waals surface area contributed by atoms with Gasteiger partial charge in [0, 0.05) is 12.5 Å². The zero-order valence-electron chi connectivity index (χ0n) is 12.8. The minimum absolute atomic E-state index is 0.180. The fraction of sp³-hybridized carbons (Fsp3) is 0.412. The first-order valence-corrected chi connectivity index (χ1v) is 7.01. The Morgan fingerprint density at radius 3 is 2.38 bits per heavy atom. The predicted octanol–water partition coefficient (Wildman–Crippen LogP) is 3.27. The lowest BCUT2D eigenvalue weighted by atomic mass is 9.98. The number of carbonyl (C=O) groups is 2. The molecule has 0 N–H and O–H groups in total. The molecule has 0 radical (unpaired) electrons. The van der Waals surface area contributed by atoms with E-state index in [-0.39, 0.29) is 30.9 Å².